The number of aryl methyl sites for hydroxylation is 1. The lowest BCUT2D eigenvalue weighted by Gasteiger charge is -1.98. The first-order valence-electron chi connectivity index (χ1n) is 5.94. The van der Waals surface area contributed by atoms with E-state index < -0.39 is 0 Å². The average Bonchev–Trinajstić information content (AvgIpc) is 3.03. The first-order valence-corrected chi connectivity index (χ1v) is 7.55. The monoisotopic (exact) mass is 334 g/mol. The van der Waals surface area contributed by atoms with Gasteiger partial charge in [0.15, 0.2) is 11.4 Å². The fourth-order valence-corrected chi connectivity index (χ4v) is 3.79. The number of nitrogens with zero attached hydrogens (tertiary/aromatic N) is 2. The number of carbonyl (C=O) groups excluding carboxylic acids is 1. The molecule has 96 valence electrons. The first-order chi connectivity index (χ1) is 9.22. The fraction of sp³-hybridized carbons (Fsp3) is 0.143. The van der Waals surface area contributed by atoms with E-state index in [4.69, 9.17) is 0 Å². The largest absolute Gasteiger partial charge is 0.296 e. The van der Waals surface area contributed by atoms with E-state index in [-0.39, 0.29) is 0 Å². The Kier molecular flexibility index (Phi) is 3.24. The van der Waals surface area contributed by atoms with Crippen molar-refractivity contribution in [3.8, 4) is 5.13 Å². The number of benzene rings is 1. The van der Waals surface area contributed by atoms with Crippen LogP contribution in [0.2, 0.25) is 0 Å². The predicted molar refractivity (Wildman–Crippen MR) is 81.4 cm³/mol. The van der Waals surface area contributed by atoms with Gasteiger partial charge in [-0.25, -0.2) is 4.98 Å². The molecular weight excluding hydrogens is 324 g/mol. The second-order valence-corrected chi connectivity index (χ2v) is 6.06. The molecule has 0 bridgehead atoms. The van der Waals surface area contributed by atoms with E-state index in [1.807, 2.05) is 16.8 Å². The minimum absolute atomic E-state index is 0.617. The molecular formula is C14H11BrN2OS. The van der Waals surface area contributed by atoms with Gasteiger partial charge in [-0.1, -0.05) is 18.3 Å². The van der Waals surface area contributed by atoms with Crippen LogP contribution in [0.1, 0.15) is 23.0 Å². The zero-order chi connectivity index (χ0) is 13.4. The molecule has 0 aliphatic rings. The lowest BCUT2D eigenvalue weighted by Crippen LogP contribution is -1.96. The molecule has 0 saturated carbocycles. The molecule has 3 rings (SSSR count). The summed E-state index contributed by atoms with van der Waals surface area (Å²) >= 11 is 5.16. The molecule has 0 saturated heterocycles. The summed E-state index contributed by atoms with van der Waals surface area (Å²) in [6, 6.07) is 7.89. The lowest BCUT2D eigenvalue weighted by molar-refractivity contribution is 0.111. The first kappa shape index (κ1) is 12.6. The summed E-state index contributed by atoms with van der Waals surface area (Å²) in [7, 11) is 0. The summed E-state index contributed by atoms with van der Waals surface area (Å²) in [6.07, 6.45) is 3.69. The second kappa shape index (κ2) is 4.90. The van der Waals surface area contributed by atoms with Crippen molar-refractivity contribution < 1.29 is 4.79 Å². The van der Waals surface area contributed by atoms with E-state index in [0.29, 0.717) is 5.69 Å². The van der Waals surface area contributed by atoms with Crippen molar-refractivity contribution in [2.75, 3.05) is 0 Å². The summed E-state index contributed by atoms with van der Waals surface area (Å²) in [5, 5.41) is 0.816. The van der Waals surface area contributed by atoms with E-state index in [1.54, 1.807) is 17.4 Å². The van der Waals surface area contributed by atoms with Gasteiger partial charge in [0.05, 0.1) is 15.9 Å². The van der Waals surface area contributed by atoms with Crippen LogP contribution in [0.4, 0.5) is 0 Å². The minimum Gasteiger partial charge on any atom is -0.296 e. The van der Waals surface area contributed by atoms with Gasteiger partial charge >= 0.3 is 0 Å². The molecule has 19 heavy (non-hydrogen) atoms. The highest BCUT2D eigenvalue weighted by Gasteiger charge is 2.11. The number of carbonyl (C=O) groups is 1. The van der Waals surface area contributed by atoms with Crippen LogP contribution < -0.4 is 0 Å². The summed E-state index contributed by atoms with van der Waals surface area (Å²) in [5.74, 6) is 0. The van der Waals surface area contributed by atoms with Crippen LogP contribution in [0.15, 0.2) is 34.9 Å². The quantitative estimate of drug-likeness (QED) is 0.672. The van der Waals surface area contributed by atoms with Gasteiger partial charge in [-0.15, -0.1) is 0 Å². The number of fused-ring (bicyclic) bond motifs is 1. The minimum atomic E-state index is 0.617. The summed E-state index contributed by atoms with van der Waals surface area (Å²) in [4.78, 5) is 15.6. The second-order valence-electron chi connectivity index (χ2n) is 4.20. The Balaban J connectivity index is 2.22. The van der Waals surface area contributed by atoms with Crippen LogP contribution in [0.3, 0.4) is 0 Å². The molecule has 0 fully saturated rings. The molecule has 2 aromatic heterocycles. The van der Waals surface area contributed by atoms with E-state index in [2.05, 4.69) is 40.0 Å². The molecule has 0 amide bonds. The zero-order valence-corrected chi connectivity index (χ0v) is 12.7. The van der Waals surface area contributed by atoms with Crippen LogP contribution in [0.5, 0.6) is 0 Å². The summed E-state index contributed by atoms with van der Waals surface area (Å²) < 4.78 is 3.95. The number of hydrogen-bond donors (Lipinski definition) is 0. The molecule has 2 heterocycles. The predicted octanol–water partition coefficient (Wildman–Crippen LogP) is 4.22. The third kappa shape index (κ3) is 2.13. The number of thiazole rings is 1. The number of aldehydes is 1. The molecule has 0 atom stereocenters. The third-order valence-corrected chi connectivity index (χ3v) is 4.62. The molecule has 5 heteroatoms. The molecule has 0 radical (unpaired) electrons. The smallest absolute Gasteiger partial charge is 0.195 e. The van der Waals surface area contributed by atoms with Crippen molar-refractivity contribution in [1.82, 2.24) is 9.55 Å². The van der Waals surface area contributed by atoms with Gasteiger partial charge in [0, 0.05) is 10.7 Å². The Morgan fingerprint density at radius 3 is 3.05 bits per heavy atom. The average molecular weight is 335 g/mol. The maximum atomic E-state index is 11.0. The Morgan fingerprint density at radius 2 is 2.32 bits per heavy atom. The molecule has 0 N–H and O–H groups in total. The topological polar surface area (TPSA) is 34.9 Å². The van der Waals surface area contributed by atoms with E-state index in [9.17, 15) is 4.79 Å². The number of halogens is 1. The van der Waals surface area contributed by atoms with Crippen LogP contribution in [0.25, 0.3) is 15.3 Å². The van der Waals surface area contributed by atoms with Crippen molar-refractivity contribution in [2.24, 2.45) is 0 Å². The molecule has 0 aliphatic heterocycles. The normalized spacial score (nSPS) is 11.1. The van der Waals surface area contributed by atoms with Crippen molar-refractivity contribution in [1.29, 1.82) is 0 Å². The van der Waals surface area contributed by atoms with E-state index in [1.165, 1.54) is 5.56 Å². The highest BCUT2D eigenvalue weighted by Crippen LogP contribution is 2.32. The van der Waals surface area contributed by atoms with Gasteiger partial charge in [0.1, 0.15) is 0 Å². The molecule has 0 spiro atoms. The lowest BCUT2D eigenvalue weighted by atomic mass is 10.2. The SMILES string of the molecule is CCc1cc(Br)c2nc(-n3cccc3C=O)sc2c1. The van der Waals surface area contributed by atoms with Crippen molar-refractivity contribution in [3.63, 3.8) is 0 Å². The van der Waals surface area contributed by atoms with Gasteiger partial charge in [0.25, 0.3) is 0 Å². The molecule has 0 unspecified atom stereocenters. The van der Waals surface area contributed by atoms with Gasteiger partial charge < -0.3 is 0 Å². The Labute approximate surface area is 123 Å². The van der Waals surface area contributed by atoms with Gasteiger partial charge in [-0.2, -0.15) is 0 Å². The van der Waals surface area contributed by atoms with Crippen LogP contribution in [0, 0.1) is 0 Å². The highest BCUT2D eigenvalue weighted by atomic mass is 79.9. The van der Waals surface area contributed by atoms with Crippen LogP contribution in [-0.4, -0.2) is 15.8 Å². The maximum Gasteiger partial charge on any atom is 0.195 e. The van der Waals surface area contributed by atoms with Crippen molar-refractivity contribution in [2.45, 2.75) is 13.3 Å². The van der Waals surface area contributed by atoms with Crippen molar-refractivity contribution >= 4 is 43.8 Å². The summed E-state index contributed by atoms with van der Waals surface area (Å²) in [5.41, 5.74) is 2.84. The molecule has 0 aliphatic carbocycles. The number of rotatable bonds is 3. The third-order valence-electron chi connectivity index (χ3n) is 3.01. The highest BCUT2D eigenvalue weighted by molar-refractivity contribution is 9.10. The Hall–Kier alpha value is -1.46. The Bertz CT molecular complexity index is 760. The zero-order valence-electron chi connectivity index (χ0n) is 10.3. The Morgan fingerprint density at radius 1 is 1.47 bits per heavy atom. The van der Waals surface area contributed by atoms with Crippen molar-refractivity contribution in [3.05, 3.63) is 46.2 Å². The van der Waals surface area contributed by atoms with E-state index >= 15 is 0 Å². The molecule has 3 aromatic rings. The standard InChI is InChI=1S/C14H11BrN2OS/c1-2-9-6-11(15)13-12(7-9)19-14(16-13)17-5-3-4-10(17)8-18/h3-8H,2H2,1H3. The van der Waals surface area contributed by atoms with E-state index in [0.717, 1.165) is 32.5 Å². The number of hydrogen-bond acceptors (Lipinski definition) is 3. The maximum absolute atomic E-state index is 11.0. The van der Waals surface area contributed by atoms with Gasteiger partial charge in [-0.3, -0.25) is 9.36 Å². The van der Waals surface area contributed by atoms with Crippen LogP contribution >= 0.6 is 27.3 Å². The number of aromatic nitrogens is 2. The fourth-order valence-electron chi connectivity index (χ4n) is 2.00. The van der Waals surface area contributed by atoms with Crippen LogP contribution in [-0.2, 0) is 6.42 Å². The molecule has 1 aromatic carbocycles. The summed E-state index contributed by atoms with van der Waals surface area (Å²) in [6.45, 7) is 2.13. The van der Waals surface area contributed by atoms with Gasteiger partial charge in [-0.05, 0) is 52.2 Å². The van der Waals surface area contributed by atoms with Gasteiger partial charge in [0.2, 0.25) is 0 Å². The molecule has 3 nitrogen and oxygen atoms in total.